The standard InChI is InChI=1S/C12H9BrCl2FN/c1-6(7-4-10(13)17-5-7)11-8(14)2-3-9(16)12(11)15/h2-6,17H,1H3/t6-/m1/s1. The fourth-order valence-corrected chi connectivity index (χ4v) is 2.82. The lowest BCUT2D eigenvalue weighted by atomic mass is 9.95. The molecule has 1 aromatic heterocycles. The van der Waals surface area contributed by atoms with Gasteiger partial charge in [0, 0.05) is 17.1 Å². The van der Waals surface area contributed by atoms with E-state index in [1.807, 2.05) is 19.2 Å². The van der Waals surface area contributed by atoms with Crippen molar-refractivity contribution in [3.8, 4) is 0 Å². The number of rotatable bonds is 2. The molecular weight excluding hydrogens is 328 g/mol. The van der Waals surface area contributed by atoms with Crippen LogP contribution in [0.2, 0.25) is 10.0 Å². The van der Waals surface area contributed by atoms with Crippen LogP contribution >= 0.6 is 39.1 Å². The summed E-state index contributed by atoms with van der Waals surface area (Å²) < 4.78 is 14.3. The Morgan fingerprint density at radius 2 is 2.06 bits per heavy atom. The van der Waals surface area contributed by atoms with E-state index in [0.717, 1.165) is 10.2 Å². The maximum absolute atomic E-state index is 13.4. The molecule has 0 aliphatic heterocycles. The van der Waals surface area contributed by atoms with Crippen LogP contribution in [0.25, 0.3) is 0 Å². The molecule has 0 radical (unpaired) electrons. The van der Waals surface area contributed by atoms with Crippen molar-refractivity contribution < 1.29 is 4.39 Å². The molecule has 0 aliphatic carbocycles. The number of aromatic nitrogens is 1. The van der Waals surface area contributed by atoms with Crippen LogP contribution in [0.4, 0.5) is 4.39 Å². The van der Waals surface area contributed by atoms with E-state index in [-0.39, 0.29) is 10.9 Å². The molecule has 0 bridgehead atoms. The Bertz CT molecular complexity index is 553. The third-order valence-electron chi connectivity index (χ3n) is 2.68. The molecule has 0 fully saturated rings. The molecule has 1 nitrogen and oxygen atoms in total. The molecule has 90 valence electrons. The third kappa shape index (κ3) is 2.51. The van der Waals surface area contributed by atoms with E-state index in [9.17, 15) is 4.39 Å². The SMILES string of the molecule is C[C@H](c1c[nH]c(Br)c1)c1c(Cl)ccc(F)c1Cl. The molecule has 2 aromatic rings. The predicted octanol–water partition coefficient (Wildman–Crippen LogP) is 5.37. The lowest BCUT2D eigenvalue weighted by Crippen LogP contribution is -1.98. The molecule has 1 N–H and O–H groups in total. The fourth-order valence-electron chi connectivity index (χ4n) is 1.74. The average molecular weight is 337 g/mol. The second-order valence-corrected chi connectivity index (χ2v) is 5.40. The van der Waals surface area contributed by atoms with E-state index in [1.54, 1.807) is 0 Å². The Hall–Kier alpha value is -0.510. The molecule has 0 saturated heterocycles. The monoisotopic (exact) mass is 335 g/mol. The van der Waals surface area contributed by atoms with Crippen molar-refractivity contribution in [2.45, 2.75) is 12.8 Å². The molecule has 1 atom stereocenters. The van der Waals surface area contributed by atoms with Gasteiger partial charge in [-0.05, 0) is 45.3 Å². The highest BCUT2D eigenvalue weighted by Gasteiger charge is 2.19. The third-order valence-corrected chi connectivity index (χ3v) is 3.85. The predicted molar refractivity (Wildman–Crippen MR) is 72.4 cm³/mol. The summed E-state index contributed by atoms with van der Waals surface area (Å²) in [5.41, 5.74) is 1.60. The first kappa shape index (κ1) is 12.9. The number of benzene rings is 1. The van der Waals surface area contributed by atoms with Crippen LogP contribution < -0.4 is 0 Å². The highest BCUT2D eigenvalue weighted by molar-refractivity contribution is 9.10. The van der Waals surface area contributed by atoms with Crippen LogP contribution in [-0.4, -0.2) is 4.98 Å². The lowest BCUT2D eigenvalue weighted by molar-refractivity contribution is 0.625. The van der Waals surface area contributed by atoms with Crippen molar-refractivity contribution in [1.82, 2.24) is 4.98 Å². The number of hydrogen-bond acceptors (Lipinski definition) is 0. The molecule has 0 saturated carbocycles. The summed E-state index contributed by atoms with van der Waals surface area (Å²) in [6, 6.07) is 4.71. The summed E-state index contributed by atoms with van der Waals surface area (Å²) >= 11 is 15.4. The number of halogens is 4. The minimum atomic E-state index is -0.451. The summed E-state index contributed by atoms with van der Waals surface area (Å²) in [6.45, 7) is 1.93. The van der Waals surface area contributed by atoms with Crippen molar-refractivity contribution in [3.63, 3.8) is 0 Å². The van der Waals surface area contributed by atoms with E-state index < -0.39 is 5.82 Å². The molecule has 1 heterocycles. The number of hydrogen-bond donors (Lipinski definition) is 1. The second-order valence-electron chi connectivity index (χ2n) is 3.76. The Morgan fingerprint density at radius 3 is 2.65 bits per heavy atom. The van der Waals surface area contributed by atoms with E-state index >= 15 is 0 Å². The van der Waals surface area contributed by atoms with Gasteiger partial charge in [0.1, 0.15) is 5.82 Å². The summed E-state index contributed by atoms with van der Waals surface area (Å²) in [5, 5.41) is 0.559. The van der Waals surface area contributed by atoms with E-state index in [2.05, 4.69) is 20.9 Å². The van der Waals surface area contributed by atoms with Gasteiger partial charge in [0.05, 0.1) is 9.63 Å². The van der Waals surface area contributed by atoms with Gasteiger partial charge in [-0.15, -0.1) is 0 Å². The largest absolute Gasteiger partial charge is 0.356 e. The Morgan fingerprint density at radius 1 is 1.35 bits per heavy atom. The molecule has 2 rings (SSSR count). The van der Waals surface area contributed by atoms with Crippen LogP contribution in [0, 0.1) is 5.82 Å². The van der Waals surface area contributed by atoms with Crippen LogP contribution in [0.15, 0.2) is 29.0 Å². The minimum absolute atomic E-state index is 0.0757. The zero-order valence-electron chi connectivity index (χ0n) is 8.90. The maximum atomic E-state index is 13.4. The first-order valence-electron chi connectivity index (χ1n) is 4.98. The maximum Gasteiger partial charge on any atom is 0.142 e. The second kappa shape index (κ2) is 5.01. The zero-order chi connectivity index (χ0) is 12.6. The van der Waals surface area contributed by atoms with Crippen molar-refractivity contribution >= 4 is 39.1 Å². The molecule has 1 aromatic carbocycles. The van der Waals surface area contributed by atoms with E-state index in [1.165, 1.54) is 12.1 Å². The molecule has 0 aliphatic rings. The van der Waals surface area contributed by atoms with Crippen molar-refractivity contribution in [1.29, 1.82) is 0 Å². The van der Waals surface area contributed by atoms with Gasteiger partial charge in [0.15, 0.2) is 0 Å². The van der Waals surface area contributed by atoms with Crippen molar-refractivity contribution in [3.05, 3.63) is 56.0 Å². The molecular formula is C12H9BrCl2FN. The molecule has 0 spiro atoms. The highest BCUT2D eigenvalue weighted by atomic mass is 79.9. The smallest absolute Gasteiger partial charge is 0.142 e. The summed E-state index contributed by atoms with van der Waals surface area (Å²) in [7, 11) is 0. The van der Waals surface area contributed by atoms with Crippen LogP contribution in [0.1, 0.15) is 24.0 Å². The van der Waals surface area contributed by atoms with Crippen LogP contribution in [0.3, 0.4) is 0 Å². The molecule has 0 amide bonds. The topological polar surface area (TPSA) is 15.8 Å². The molecule has 0 unspecified atom stereocenters. The Balaban J connectivity index is 2.50. The van der Waals surface area contributed by atoms with Gasteiger partial charge in [-0.2, -0.15) is 0 Å². The zero-order valence-corrected chi connectivity index (χ0v) is 12.0. The van der Waals surface area contributed by atoms with Crippen molar-refractivity contribution in [2.24, 2.45) is 0 Å². The van der Waals surface area contributed by atoms with Gasteiger partial charge < -0.3 is 4.98 Å². The average Bonchev–Trinajstić information content (AvgIpc) is 2.71. The van der Waals surface area contributed by atoms with Crippen LogP contribution in [-0.2, 0) is 0 Å². The van der Waals surface area contributed by atoms with E-state index in [4.69, 9.17) is 23.2 Å². The normalized spacial score (nSPS) is 12.8. The van der Waals surface area contributed by atoms with Gasteiger partial charge in [-0.25, -0.2) is 4.39 Å². The minimum Gasteiger partial charge on any atom is -0.356 e. The molecule has 5 heteroatoms. The van der Waals surface area contributed by atoms with Gasteiger partial charge in [0.25, 0.3) is 0 Å². The number of nitrogens with one attached hydrogen (secondary N) is 1. The fraction of sp³-hybridized carbons (Fsp3) is 0.167. The quantitative estimate of drug-likeness (QED) is 0.709. The number of aromatic amines is 1. The van der Waals surface area contributed by atoms with Gasteiger partial charge >= 0.3 is 0 Å². The van der Waals surface area contributed by atoms with E-state index in [0.29, 0.717) is 10.6 Å². The van der Waals surface area contributed by atoms with Crippen LogP contribution in [0.5, 0.6) is 0 Å². The summed E-state index contributed by atoms with van der Waals surface area (Å²) in [4.78, 5) is 3.01. The first-order valence-corrected chi connectivity index (χ1v) is 6.52. The lowest BCUT2D eigenvalue weighted by Gasteiger charge is -2.14. The summed E-state index contributed by atoms with van der Waals surface area (Å²) in [6.07, 6.45) is 1.84. The highest BCUT2D eigenvalue weighted by Crippen LogP contribution is 2.37. The van der Waals surface area contributed by atoms with Gasteiger partial charge in [0.2, 0.25) is 0 Å². The Labute approximate surface area is 117 Å². The van der Waals surface area contributed by atoms with Crippen molar-refractivity contribution in [2.75, 3.05) is 0 Å². The van der Waals surface area contributed by atoms with Gasteiger partial charge in [-0.1, -0.05) is 30.1 Å². The number of H-pyrrole nitrogens is 1. The Kier molecular flexibility index (Phi) is 3.81. The van der Waals surface area contributed by atoms with Gasteiger partial charge in [-0.3, -0.25) is 0 Å². The first-order chi connectivity index (χ1) is 8.00. The summed E-state index contributed by atoms with van der Waals surface area (Å²) in [5.74, 6) is -0.527. The molecule has 17 heavy (non-hydrogen) atoms.